The first-order chi connectivity index (χ1) is 13.0. The van der Waals surface area contributed by atoms with E-state index in [1.54, 1.807) is 18.2 Å². The third-order valence-electron chi connectivity index (χ3n) is 3.37. The standard InChI is InChI=1S/C19H13F2NO3S2/c20-12-5-6-15(21)16(9-12)22-18(23)11-25-19(24)14(17-4-2-8-27-17)10-13-3-1-7-26-13/h1-10H,11H2,(H,22,23)/b14-10+. The average Bonchev–Trinajstić information content (AvgIpc) is 3.34. The van der Waals surface area contributed by atoms with Crippen LogP contribution in [0.4, 0.5) is 14.5 Å². The summed E-state index contributed by atoms with van der Waals surface area (Å²) in [6.07, 6.45) is 1.68. The maximum absolute atomic E-state index is 13.6. The van der Waals surface area contributed by atoms with E-state index in [4.69, 9.17) is 4.74 Å². The lowest BCUT2D eigenvalue weighted by Gasteiger charge is -2.09. The summed E-state index contributed by atoms with van der Waals surface area (Å²) in [6.45, 7) is -0.623. The normalized spacial score (nSPS) is 11.3. The van der Waals surface area contributed by atoms with Gasteiger partial charge in [-0.1, -0.05) is 12.1 Å². The van der Waals surface area contributed by atoms with Crippen LogP contribution in [0.25, 0.3) is 11.6 Å². The molecule has 0 fully saturated rings. The van der Waals surface area contributed by atoms with Crippen molar-refractivity contribution in [3.05, 3.63) is 74.6 Å². The van der Waals surface area contributed by atoms with Crippen molar-refractivity contribution in [2.45, 2.75) is 0 Å². The molecule has 0 saturated carbocycles. The molecule has 1 amide bonds. The Bertz CT molecular complexity index is 967. The van der Waals surface area contributed by atoms with Gasteiger partial charge in [-0.05, 0) is 41.1 Å². The van der Waals surface area contributed by atoms with Crippen LogP contribution < -0.4 is 5.32 Å². The number of hydrogen-bond donors (Lipinski definition) is 1. The van der Waals surface area contributed by atoms with E-state index in [0.717, 1.165) is 23.1 Å². The van der Waals surface area contributed by atoms with Crippen molar-refractivity contribution in [3.63, 3.8) is 0 Å². The van der Waals surface area contributed by atoms with Crippen molar-refractivity contribution >= 4 is 51.9 Å². The molecule has 0 radical (unpaired) electrons. The van der Waals surface area contributed by atoms with E-state index < -0.39 is 30.1 Å². The van der Waals surface area contributed by atoms with E-state index in [2.05, 4.69) is 5.32 Å². The first-order valence-corrected chi connectivity index (χ1v) is 9.50. The lowest BCUT2D eigenvalue weighted by atomic mass is 10.2. The molecule has 0 atom stereocenters. The van der Waals surface area contributed by atoms with Crippen LogP contribution in [0.3, 0.4) is 0 Å². The molecule has 3 aromatic rings. The number of ether oxygens (including phenoxy) is 1. The Balaban J connectivity index is 1.67. The Labute approximate surface area is 161 Å². The lowest BCUT2D eigenvalue weighted by Crippen LogP contribution is -2.21. The van der Waals surface area contributed by atoms with Crippen molar-refractivity contribution < 1.29 is 23.1 Å². The topological polar surface area (TPSA) is 55.4 Å². The highest BCUT2D eigenvalue weighted by Crippen LogP contribution is 2.26. The van der Waals surface area contributed by atoms with Gasteiger partial charge >= 0.3 is 5.97 Å². The molecule has 1 N–H and O–H groups in total. The molecule has 4 nitrogen and oxygen atoms in total. The molecule has 0 saturated heterocycles. The van der Waals surface area contributed by atoms with Gasteiger partial charge in [-0.3, -0.25) is 4.79 Å². The fraction of sp³-hybridized carbons (Fsp3) is 0.0526. The van der Waals surface area contributed by atoms with Crippen molar-refractivity contribution in [2.24, 2.45) is 0 Å². The number of halogens is 2. The molecule has 2 aromatic heterocycles. The molecule has 3 rings (SSSR count). The van der Waals surface area contributed by atoms with Gasteiger partial charge < -0.3 is 10.1 Å². The Morgan fingerprint density at radius 1 is 1.07 bits per heavy atom. The number of rotatable bonds is 6. The second-order valence-electron chi connectivity index (χ2n) is 5.30. The molecule has 0 unspecified atom stereocenters. The highest BCUT2D eigenvalue weighted by atomic mass is 32.1. The number of amides is 1. The molecule has 0 spiro atoms. The minimum absolute atomic E-state index is 0.316. The maximum atomic E-state index is 13.6. The first-order valence-electron chi connectivity index (χ1n) is 7.74. The van der Waals surface area contributed by atoms with E-state index in [0.29, 0.717) is 10.5 Å². The van der Waals surface area contributed by atoms with Crippen LogP contribution in [0.5, 0.6) is 0 Å². The third-order valence-corrected chi connectivity index (χ3v) is 5.10. The van der Waals surface area contributed by atoms with Crippen molar-refractivity contribution in [2.75, 3.05) is 11.9 Å². The number of esters is 1. The van der Waals surface area contributed by atoms with Crippen molar-refractivity contribution in [1.29, 1.82) is 0 Å². The van der Waals surface area contributed by atoms with Crippen LogP contribution in [0.1, 0.15) is 9.75 Å². The van der Waals surface area contributed by atoms with Gasteiger partial charge in [0.25, 0.3) is 5.91 Å². The highest BCUT2D eigenvalue weighted by Gasteiger charge is 2.17. The Morgan fingerprint density at radius 3 is 2.56 bits per heavy atom. The van der Waals surface area contributed by atoms with Gasteiger partial charge in [0, 0.05) is 15.8 Å². The zero-order valence-corrected chi connectivity index (χ0v) is 15.4. The summed E-state index contributed by atoms with van der Waals surface area (Å²) in [5.41, 5.74) is 0.000781. The first kappa shape index (κ1) is 18.9. The zero-order chi connectivity index (χ0) is 19.2. The van der Waals surface area contributed by atoms with E-state index >= 15 is 0 Å². The summed E-state index contributed by atoms with van der Waals surface area (Å²) in [5, 5.41) is 5.88. The van der Waals surface area contributed by atoms with Crippen LogP contribution in [-0.4, -0.2) is 18.5 Å². The summed E-state index contributed by atoms with van der Waals surface area (Å²) in [6, 6.07) is 9.97. The molecule has 0 aliphatic carbocycles. The molecule has 2 heterocycles. The number of thiophene rings is 2. The zero-order valence-electron chi connectivity index (χ0n) is 13.8. The van der Waals surface area contributed by atoms with E-state index in [9.17, 15) is 18.4 Å². The summed E-state index contributed by atoms with van der Waals surface area (Å²) >= 11 is 2.82. The molecule has 138 valence electrons. The number of hydrogen-bond acceptors (Lipinski definition) is 5. The number of benzene rings is 1. The van der Waals surface area contributed by atoms with Crippen LogP contribution in [0, 0.1) is 11.6 Å². The molecule has 0 aliphatic heterocycles. The second kappa shape index (κ2) is 8.70. The predicted octanol–water partition coefficient (Wildman–Crippen LogP) is 4.81. The largest absolute Gasteiger partial charge is 0.452 e. The number of carbonyl (C=O) groups is 2. The molecule has 1 aromatic carbocycles. The summed E-state index contributed by atoms with van der Waals surface area (Å²) in [5.74, 6) is -2.93. The summed E-state index contributed by atoms with van der Waals surface area (Å²) in [7, 11) is 0. The van der Waals surface area contributed by atoms with Gasteiger partial charge in [0.05, 0.1) is 11.3 Å². The molecule has 27 heavy (non-hydrogen) atoms. The Morgan fingerprint density at radius 2 is 1.85 bits per heavy atom. The second-order valence-corrected chi connectivity index (χ2v) is 7.23. The average molecular weight is 405 g/mol. The number of carbonyl (C=O) groups excluding carboxylic acids is 2. The van der Waals surface area contributed by atoms with Gasteiger partial charge in [0.15, 0.2) is 6.61 Å². The quantitative estimate of drug-likeness (QED) is 0.473. The van der Waals surface area contributed by atoms with Crippen LogP contribution in [0.2, 0.25) is 0 Å². The van der Waals surface area contributed by atoms with Crippen LogP contribution in [0.15, 0.2) is 53.2 Å². The Hall–Kier alpha value is -2.84. The van der Waals surface area contributed by atoms with Crippen LogP contribution in [-0.2, 0) is 14.3 Å². The van der Waals surface area contributed by atoms with Gasteiger partial charge in [-0.2, -0.15) is 0 Å². The third kappa shape index (κ3) is 5.08. The van der Waals surface area contributed by atoms with E-state index in [1.165, 1.54) is 22.7 Å². The SMILES string of the molecule is O=C(COC(=O)/C(=C/c1cccs1)c1cccs1)Nc1cc(F)ccc1F. The van der Waals surface area contributed by atoms with Crippen LogP contribution >= 0.6 is 22.7 Å². The summed E-state index contributed by atoms with van der Waals surface area (Å²) in [4.78, 5) is 25.9. The van der Waals surface area contributed by atoms with Crippen molar-refractivity contribution in [3.8, 4) is 0 Å². The molecule has 0 bridgehead atoms. The number of nitrogens with one attached hydrogen (secondary N) is 1. The predicted molar refractivity (Wildman–Crippen MR) is 102 cm³/mol. The van der Waals surface area contributed by atoms with Gasteiger partial charge in [-0.25, -0.2) is 13.6 Å². The van der Waals surface area contributed by atoms with Gasteiger partial charge in [0.2, 0.25) is 0 Å². The van der Waals surface area contributed by atoms with E-state index in [-0.39, 0.29) is 5.69 Å². The molecule has 8 heteroatoms. The maximum Gasteiger partial charge on any atom is 0.340 e. The van der Waals surface area contributed by atoms with E-state index in [1.807, 2.05) is 22.9 Å². The summed E-state index contributed by atoms with van der Waals surface area (Å²) < 4.78 is 31.8. The van der Waals surface area contributed by atoms with Gasteiger partial charge in [0.1, 0.15) is 11.6 Å². The lowest BCUT2D eigenvalue weighted by molar-refractivity contribution is -0.141. The minimum Gasteiger partial charge on any atom is -0.452 e. The molecule has 0 aliphatic rings. The molecular formula is C19H13F2NO3S2. The minimum atomic E-state index is -0.784. The number of anilines is 1. The fourth-order valence-electron chi connectivity index (χ4n) is 2.17. The fourth-order valence-corrected chi connectivity index (χ4v) is 3.55. The molecular weight excluding hydrogens is 392 g/mol. The smallest absolute Gasteiger partial charge is 0.340 e. The Kier molecular flexibility index (Phi) is 6.10. The van der Waals surface area contributed by atoms with Gasteiger partial charge in [-0.15, -0.1) is 22.7 Å². The monoisotopic (exact) mass is 405 g/mol. The highest BCUT2D eigenvalue weighted by molar-refractivity contribution is 7.12. The van der Waals surface area contributed by atoms with Crippen molar-refractivity contribution in [1.82, 2.24) is 0 Å².